The standard InChI is InChI=1S/C18H25N3O5S/c1-2-27(25,26)20-19-17(23)15-11-7-4-8-12-21(15)18(24)16(22)13-14-9-5-3-6-10-14/h3,5-6,9-10,15,20H,2,4,7-8,11-13H2,1H3,(H,19,23). The van der Waals surface area contributed by atoms with Gasteiger partial charge in [-0.3, -0.25) is 19.8 Å². The van der Waals surface area contributed by atoms with E-state index in [4.69, 9.17) is 0 Å². The highest BCUT2D eigenvalue weighted by atomic mass is 32.2. The third-order valence-corrected chi connectivity index (χ3v) is 5.65. The lowest BCUT2D eigenvalue weighted by Gasteiger charge is -2.28. The van der Waals surface area contributed by atoms with Crippen molar-refractivity contribution in [3.63, 3.8) is 0 Å². The highest BCUT2D eigenvalue weighted by Gasteiger charge is 2.34. The number of Topliss-reactive ketones (excluding diaryl/α,β-unsaturated/α-hetero) is 1. The van der Waals surface area contributed by atoms with E-state index in [0.29, 0.717) is 12.8 Å². The van der Waals surface area contributed by atoms with E-state index >= 15 is 0 Å². The van der Waals surface area contributed by atoms with Crippen molar-refractivity contribution < 1.29 is 22.8 Å². The number of hydrogen-bond donors (Lipinski definition) is 2. The van der Waals surface area contributed by atoms with Gasteiger partial charge in [-0.05, 0) is 25.3 Å². The summed E-state index contributed by atoms with van der Waals surface area (Å²) < 4.78 is 23.0. The summed E-state index contributed by atoms with van der Waals surface area (Å²) in [4.78, 5) is 40.8. The fraction of sp³-hybridized carbons (Fsp3) is 0.500. The minimum Gasteiger partial charge on any atom is -0.324 e. The van der Waals surface area contributed by atoms with E-state index in [-0.39, 0.29) is 18.7 Å². The topological polar surface area (TPSA) is 113 Å². The van der Waals surface area contributed by atoms with Gasteiger partial charge in [0, 0.05) is 13.0 Å². The molecule has 1 unspecified atom stereocenters. The van der Waals surface area contributed by atoms with E-state index in [1.54, 1.807) is 24.3 Å². The molecular formula is C18H25N3O5S. The number of nitrogens with one attached hydrogen (secondary N) is 2. The molecule has 1 heterocycles. The minimum absolute atomic E-state index is 0.0347. The van der Waals surface area contributed by atoms with Crippen molar-refractivity contribution in [2.24, 2.45) is 0 Å². The molecule has 2 amide bonds. The van der Waals surface area contributed by atoms with Crippen LogP contribution in [0.25, 0.3) is 0 Å². The van der Waals surface area contributed by atoms with Gasteiger partial charge in [0.05, 0.1) is 5.75 Å². The summed E-state index contributed by atoms with van der Waals surface area (Å²) in [7, 11) is -3.61. The van der Waals surface area contributed by atoms with E-state index < -0.39 is 33.7 Å². The summed E-state index contributed by atoms with van der Waals surface area (Å²) in [5.74, 6) is -2.11. The van der Waals surface area contributed by atoms with Crippen LogP contribution in [0.1, 0.15) is 38.2 Å². The number of benzene rings is 1. The minimum atomic E-state index is -3.61. The largest absolute Gasteiger partial charge is 0.324 e. The Morgan fingerprint density at radius 3 is 2.48 bits per heavy atom. The molecule has 9 heteroatoms. The molecule has 0 spiro atoms. The average molecular weight is 395 g/mol. The summed E-state index contributed by atoms with van der Waals surface area (Å²) in [6, 6.07) is 8.04. The molecular weight excluding hydrogens is 370 g/mol. The number of hydrazine groups is 1. The van der Waals surface area contributed by atoms with Gasteiger partial charge in [0.1, 0.15) is 6.04 Å². The highest BCUT2D eigenvalue weighted by Crippen LogP contribution is 2.18. The van der Waals surface area contributed by atoms with Crippen LogP contribution in [-0.4, -0.2) is 49.3 Å². The second kappa shape index (κ2) is 9.61. The van der Waals surface area contributed by atoms with Crippen molar-refractivity contribution >= 4 is 27.6 Å². The lowest BCUT2D eigenvalue weighted by molar-refractivity contribution is -0.148. The Kier molecular flexibility index (Phi) is 7.49. The first kappa shape index (κ1) is 21.0. The first-order valence-corrected chi connectivity index (χ1v) is 10.7. The van der Waals surface area contributed by atoms with E-state index in [9.17, 15) is 22.8 Å². The molecule has 1 aliphatic rings. The van der Waals surface area contributed by atoms with Crippen molar-refractivity contribution in [1.82, 2.24) is 15.2 Å². The van der Waals surface area contributed by atoms with Crippen LogP contribution in [-0.2, 0) is 30.8 Å². The lowest BCUT2D eigenvalue weighted by atomic mass is 10.1. The van der Waals surface area contributed by atoms with Gasteiger partial charge in [-0.2, -0.15) is 0 Å². The molecule has 1 aromatic rings. The van der Waals surface area contributed by atoms with Gasteiger partial charge in [0.25, 0.3) is 11.8 Å². The third kappa shape index (κ3) is 6.14. The SMILES string of the molecule is CCS(=O)(=O)NNC(=O)C1CCCCCN1C(=O)C(=O)Cc1ccccc1. The van der Waals surface area contributed by atoms with Gasteiger partial charge in [0.2, 0.25) is 15.8 Å². The summed E-state index contributed by atoms with van der Waals surface area (Å²) in [5.41, 5.74) is 2.89. The number of carbonyl (C=O) groups excluding carboxylic acids is 3. The molecule has 1 saturated heterocycles. The molecule has 1 aromatic carbocycles. The molecule has 27 heavy (non-hydrogen) atoms. The van der Waals surface area contributed by atoms with Crippen molar-refractivity contribution in [3.05, 3.63) is 35.9 Å². The first-order valence-electron chi connectivity index (χ1n) is 9.01. The summed E-state index contributed by atoms with van der Waals surface area (Å²) in [5, 5.41) is 0. The maximum Gasteiger partial charge on any atom is 0.290 e. The van der Waals surface area contributed by atoms with Crippen LogP contribution in [0.2, 0.25) is 0 Å². The fourth-order valence-electron chi connectivity index (χ4n) is 2.92. The molecule has 8 nitrogen and oxygen atoms in total. The summed E-state index contributed by atoms with van der Waals surface area (Å²) in [6.07, 6.45) is 2.59. The van der Waals surface area contributed by atoms with Crippen molar-refractivity contribution in [2.45, 2.75) is 45.1 Å². The second-order valence-corrected chi connectivity index (χ2v) is 8.45. The number of rotatable bonds is 7. The Balaban J connectivity index is 2.09. The Morgan fingerprint density at radius 1 is 1.11 bits per heavy atom. The van der Waals surface area contributed by atoms with Crippen LogP contribution in [0.5, 0.6) is 0 Å². The Hall–Kier alpha value is -2.26. The quantitative estimate of drug-likeness (QED) is 0.517. The van der Waals surface area contributed by atoms with Crippen molar-refractivity contribution in [1.29, 1.82) is 0 Å². The second-order valence-electron chi connectivity index (χ2n) is 6.44. The molecule has 1 aliphatic heterocycles. The van der Waals surface area contributed by atoms with Gasteiger partial charge in [0.15, 0.2) is 0 Å². The lowest BCUT2D eigenvalue weighted by Crippen LogP contribution is -2.55. The summed E-state index contributed by atoms with van der Waals surface area (Å²) >= 11 is 0. The maximum absolute atomic E-state index is 12.7. The van der Waals surface area contributed by atoms with Gasteiger partial charge < -0.3 is 4.90 Å². The summed E-state index contributed by atoms with van der Waals surface area (Å²) in [6.45, 7) is 1.73. The molecule has 2 N–H and O–H groups in total. The molecule has 0 saturated carbocycles. The van der Waals surface area contributed by atoms with Crippen LogP contribution in [0.4, 0.5) is 0 Å². The van der Waals surface area contributed by atoms with Crippen LogP contribution in [0.15, 0.2) is 30.3 Å². The molecule has 1 atom stereocenters. The number of carbonyl (C=O) groups is 3. The predicted molar refractivity (Wildman–Crippen MR) is 99.9 cm³/mol. The molecule has 0 aromatic heterocycles. The van der Waals surface area contributed by atoms with E-state index in [0.717, 1.165) is 18.4 Å². The van der Waals surface area contributed by atoms with E-state index in [2.05, 4.69) is 5.43 Å². The first-order chi connectivity index (χ1) is 12.8. The smallest absolute Gasteiger partial charge is 0.290 e. The van der Waals surface area contributed by atoms with Crippen molar-refractivity contribution in [3.8, 4) is 0 Å². The van der Waals surface area contributed by atoms with Crippen molar-refractivity contribution in [2.75, 3.05) is 12.3 Å². The van der Waals surface area contributed by atoms with Crippen LogP contribution < -0.4 is 10.3 Å². The fourth-order valence-corrected chi connectivity index (χ4v) is 3.32. The average Bonchev–Trinajstić information content (AvgIpc) is 2.92. The maximum atomic E-state index is 12.7. The van der Waals surface area contributed by atoms with Crippen LogP contribution in [0, 0.1) is 0 Å². The van der Waals surface area contributed by atoms with Crippen LogP contribution >= 0.6 is 0 Å². The predicted octanol–water partition coefficient (Wildman–Crippen LogP) is 0.540. The Morgan fingerprint density at radius 2 is 1.81 bits per heavy atom. The number of nitrogens with zero attached hydrogens (tertiary/aromatic N) is 1. The highest BCUT2D eigenvalue weighted by molar-refractivity contribution is 7.89. The van der Waals surface area contributed by atoms with Gasteiger partial charge in [-0.1, -0.05) is 43.2 Å². The van der Waals surface area contributed by atoms with E-state index in [1.807, 2.05) is 10.9 Å². The Labute approximate surface area is 159 Å². The molecule has 1 fully saturated rings. The number of amides is 2. The van der Waals surface area contributed by atoms with Gasteiger partial charge >= 0.3 is 0 Å². The normalized spacial score (nSPS) is 17.8. The zero-order valence-electron chi connectivity index (χ0n) is 15.3. The number of hydrogen-bond acceptors (Lipinski definition) is 5. The number of likely N-dealkylation sites (tertiary alicyclic amines) is 1. The molecule has 0 aliphatic carbocycles. The molecule has 0 radical (unpaired) electrons. The molecule has 2 rings (SSSR count). The monoisotopic (exact) mass is 395 g/mol. The Bertz CT molecular complexity index is 779. The number of sulfonamides is 1. The zero-order valence-corrected chi connectivity index (χ0v) is 16.1. The van der Waals surface area contributed by atoms with Gasteiger partial charge in [-0.15, -0.1) is 4.83 Å². The molecule has 0 bridgehead atoms. The van der Waals surface area contributed by atoms with Gasteiger partial charge in [-0.25, -0.2) is 8.42 Å². The zero-order chi connectivity index (χ0) is 19.9. The number of ketones is 1. The molecule has 148 valence electrons. The third-order valence-electron chi connectivity index (χ3n) is 4.47. The van der Waals surface area contributed by atoms with Crippen LogP contribution in [0.3, 0.4) is 0 Å². The van der Waals surface area contributed by atoms with E-state index in [1.165, 1.54) is 11.8 Å².